The van der Waals surface area contributed by atoms with Crippen LogP contribution in [0.1, 0.15) is 25.0 Å². The number of nitrogens with one attached hydrogen (secondary N) is 2. The number of benzene rings is 2. The molecule has 0 aliphatic heterocycles. The number of rotatable bonds is 11. The second kappa shape index (κ2) is 10.5. The van der Waals surface area contributed by atoms with Gasteiger partial charge in [0, 0.05) is 18.0 Å². The van der Waals surface area contributed by atoms with E-state index in [1.165, 1.54) is 0 Å². The topological polar surface area (TPSA) is 107 Å². The molecule has 0 saturated heterocycles. The van der Waals surface area contributed by atoms with Gasteiger partial charge >= 0.3 is 11.9 Å². The molecule has 1 amide bonds. The van der Waals surface area contributed by atoms with Gasteiger partial charge in [-0.05, 0) is 31.0 Å². The van der Waals surface area contributed by atoms with Crippen molar-refractivity contribution in [3.8, 4) is 5.75 Å². The molecular formula is C24H26N2O6. The highest BCUT2D eigenvalue weighted by Crippen LogP contribution is 2.30. The molecule has 168 valence electrons. The van der Waals surface area contributed by atoms with E-state index < -0.39 is 17.5 Å². The van der Waals surface area contributed by atoms with Crippen LogP contribution in [0.15, 0.2) is 54.7 Å². The predicted molar refractivity (Wildman–Crippen MR) is 118 cm³/mol. The quantitative estimate of drug-likeness (QED) is 0.271. The highest BCUT2D eigenvalue weighted by atomic mass is 16.6. The van der Waals surface area contributed by atoms with Crippen LogP contribution in [-0.4, -0.2) is 42.1 Å². The first kappa shape index (κ1) is 22.9. The molecule has 0 saturated carbocycles. The molecule has 0 spiro atoms. The number of hydrogen-bond donors (Lipinski definition) is 2. The molecule has 2 aromatic carbocycles. The summed E-state index contributed by atoms with van der Waals surface area (Å²) >= 11 is 0. The smallest absolute Gasteiger partial charge is 0.344 e. The standard InChI is InChI=1S/C24H26N2O6/c1-3-30-22(28)24(26-16-27,23(29)31-4-2)13-18-14-25-21-19(18)11-8-12-20(21)32-15-17-9-6-5-7-10-17/h5-12,14,16,25H,3-4,13,15H2,1-2H3,(H,26,27). The SMILES string of the molecule is CCOC(=O)C(Cc1c[nH]c2c(OCc3ccccc3)cccc12)(NC=O)C(=O)OCC. The monoisotopic (exact) mass is 438 g/mol. The van der Waals surface area contributed by atoms with Crippen molar-refractivity contribution < 1.29 is 28.6 Å². The van der Waals surface area contributed by atoms with Crippen LogP contribution in [0.25, 0.3) is 10.9 Å². The average molecular weight is 438 g/mol. The molecule has 3 aromatic rings. The Labute approximate surface area is 185 Å². The summed E-state index contributed by atoms with van der Waals surface area (Å²) in [6.07, 6.45) is 1.84. The van der Waals surface area contributed by atoms with Crippen molar-refractivity contribution in [1.82, 2.24) is 10.3 Å². The van der Waals surface area contributed by atoms with E-state index in [4.69, 9.17) is 14.2 Å². The second-order valence-corrected chi connectivity index (χ2v) is 7.05. The first-order chi connectivity index (χ1) is 15.6. The highest BCUT2D eigenvalue weighted by Gasteiger charge is 2.49. The van der Waals surface area contributed by atoms with E-state index in [-0.39, 0.29) is 19.6 Å². The minimum absolute atomic E-state index is 0.0475. The Hall–Kier alpha value is -3.81. The number of aromatic nitrogens is 1. The van der Waals surface area contributed by atoms with Crippen molar-refractivity contribution in [2.75, 3.05) is 13.2 Å². The number of H-pyrrole nitrogens is 1. The van der Waals surface area contributed by atoms with E-state index >= 15 is 0 Å². The van der Waals surface area contributed by atoms with E-state index in [0.29, 0.717) is 29.8 Å². The Morgan fingerprint density at radius 1 is 1.00 bits per heavy atom. The Kier molecular flexibility index (Phi) is 7.49. The lowest BCUT2D eigenvalue weighted by Crippen LogP contribution is -2.60. The van der Waals surface area contributed by atoms with E-state index in [9.17, 15) is 14.4 Å². The van der Waals surface area contributed by atoms with E-state index in [0.717, 1.165) is 10.9 Å². The van der Waals surface area contributed by atoms with Crippen molar-refractivity contribution in [2.24, 2.45) is 0 Å². The summed E-state index contributed by atoms with van der Waals surface area (Å²) in [6.45, 7) is 3.72. The maximum absolute atomic E-state index is 12.8. The molecule has 0 radical (unpaired) electrons. The predicted octanol–water partition coefficient (Wildman–Crippen LogP) is 2.90. The number of fused-ring (bicyclic) bond motifs is 1. The zero-order valence-corrected chi connectivity index (χ0v) is 18.1. The third-order valence-corrected chi connectivity index (χ3v) is 5.01. The summed E-state index contributed by atoms with van der Waals surface area (Å²) in [5.74, 6) is -1.13. The molecule has 3 rings (SSSR count). The summed E-state index contributed by atoms with van der Waals surface area (Å²) < 4.78 is 16.2. The van der Waals surface area contributed by atoms with Crippen LogP contribution >= 0.6 is 0 Å². The van der Waals surface area contributed by atoms with Gasteiger partial charge in [-0.1, -0.05) is 42.5 Å². The van der Waals surface area contributed by atoms with Crippen LogP contribution in [0, 0.1) is 0 Å². The minimum Gasteiger partial charge on any atom is -0.487 e. The van der Waals surface area contributed by atoms with Gasteiger partial charge in [-0.3, -0.25) is 4.79 Å². The van der Waals surface area contributed by atoms with Crippen molar-refractivity contribution in [3.63, 3.8) is 0 Å². The van der Waals surface area contributed by atoms with Crippen LogP contribution in [0.5, 0.6) is 5.75 Å². The van der Waals surface area contributed by atoms with Gasteiger partial charge in [0.05, 0.1) is 18.7 Å². The van der Waals surface area contributed by atoms with Crippen LogP contribution in [0.2, 0.25) is 0 Å². The van der Waals surface area contributed by atoms with E-state index in [2.05, 4.69) is 10.3 Å². The number of hydrogen-bond acceptors (Lipinski definition) is 6. The third kappa shape index (κ3) is 4.74. The highest BCUT2D eigenvalue weighted by molar-refractivity contribution is 6.07. The molecule has 2 N–H and O–H groups in total. The van der Waals surface area contributed by atoms with Crippen LogP contribution in [0.3, 0.4) is 0 Å². The van der Waals surface area contributed by atoms with Gasteiger partial charge in [0.25, 0.3) is 0 Å². The molecule has 0 fully saturated rings. The molecule has 0 bridgehead atoms. The number of carbonyl (C=O) groups excluding carboxylic acids is 3. The summed E-state index contributed by atoms with van der Waals surface area (Å²) in [7, 11) is 0. The summed E-state index contributed by atoms with van der Waals surface area (Å²) in [5.41, 5.74) is 0.367. The molecule has 1 heterocycles. The molecule has 8 nitrogen and oxygen atoms in total. The fourth-order valence-electron chi connectivity index (χ4n) is 3.48. The molecule has 0 unspecified atom stereocenters. The maximum atomic E-state index is 12.8. The lowest BCUT2D eigenvalue weighted by Gasteiger charge is -2.28. The zero-order chi connectivity index (χ0) is 23.0. The van der Waals surface area contributed by atoms with Gasteiger partial charge < -0.3 is 24.5 Å². The zero-order valence-electron chi connectivity index (χ0n) is 18.1. The molecule has 0 atom stereocenters. The molecular weight excluding hydrogens is 412 g/mol. The Balaban J connectivity index is 1.95. The van der Waals surface area contributed by atoms with Gasteiger partial charge in [0.1, 0.15) is 12.4 Å². The van der Waals surface area contributed by atoms with E-state index in [1.54, 1.807) is 20.0 Å². The summed E-state index contributed by atoms with van der Waals surface area (Å²) in [4.78, 5) is 40.1. The Morgan fingerprint density at radius 3 is 2.31 bits per heavy atom. The van der Waals surface area contributed by atoms with Gasteiger partial charge in [-0.15, -0.1) is 0 Å². The fourth-order valence-corrected chi connectivity index (χ4v) is 3.48. The van der Waals surface area contributed by atoms with E-state index in [1.807, 2.05) is 48.5 Å². The Bertz CT molecular complexity index is 1060. The van der Waals surface area contributed by atoms with Crippen LogP contribution < -0.4 is 10.1 Å². The molecule has 32 heavy (non-hydrogen) atoms. The number of aromatic amines is 1. The average Bonchev–Trinajstić information content (AvgIpc) is 3.21. The molecule has 1 aromatic heterocycles. The van der Waals surface area contributed by atoms with Crippen molar-refractivity contribution in [1.29, 1.82) is 0 Å². The largest absolute Gasteiger partial charge is 0.487 e. The lowest BCUT2D eigenvalue weighted by atomic mass is 9.90. The summed E-state index contributed by atoms with van der Waals surface area (Å²) in [5, 5.41) is 3.11. The van der Waals surface area contributed by atoms with Gasteiger partial charge in [0.2, 0.25) is 11.9 Å². The maximum Gasteiger partial charge on any atom is 0.344 e. The number of para-hydroxylation sites is 1. The van der Waals surface area contributed by atoms with Gasteiger partial charge in [0.15, 0.2) is 0 Å². The van der Waals surface area contributed by atoms with Gasteiger partial charge in [-0.25, -0.2) is 9.59 Å². The molecule has 0 aliphatic carbocycles. The van der Waals surface area contributed by atoms with Crippen molar-refractivity contribution in [3.05, 3.63) is 65.9 Å². The van der Waals surface area contributed by atoms with Crippen molar-refractivity contribution >= 4 is 29.3 Å². The summed E-state index contributed by atoms with van der Waals surface area (Å²) in [6, 6.07) is 15.3. The van der Waals surface area contributed by atoms with Crippen LogP contribution in [-0.2, 0) is 36.9 Å². The van der Waals surface area contributed by atoms with Crippen LogP contribution in [0.4, 0.5) is 0 Å². The third-order valence-electron chi connectivity index (χ3n) is 5.01. The number of carbonyl (C=O) groups is 3. The second-order valence-electron chi connectivity index (χ2n) is 7.05. The fraction of sp³-hybridized carbons (Fsp3) is 0.292. The number of amides is 1. The number of ether oxygens (including phenoxy) is 3. The normalized spacial score (nSPS) is 11.1. The Morgan fingerprint density at radius 2 is 1.69 bits per heavy atom. The first-order valence-electron chi connectivity index (χ1n) is 10.4. The van der Waals surface area contributed by atoms with Gasteiger partial charge in [-0.2, -0.15) is 0 Å². The first-order valence-corrected chi connectivity index (χ1v) is 10.4. The number of esters is 2. The molecule has 8 heteroatoms. The lowest BCUT2D eigenvalue weighted by molar-refractivity contribution is -0.167. The molecule has 0 aliphatic rings. The minimum atomic E-state index is -2.00. The van der Waals surface area contributed by atoms with Crippen molar-refractivity contribution in [2.45, 2.75) is 32.4 Å².